The van der Waals surface area contributed by atoms with Crippen LogP contribution in [0.3, 0.4) is 0 Å². The van der Waals surface area contributed by atoms with E-state index in [4.69, 9.17) is 5.73 Å². The Morgan fingerprint density at radius 2 is 2.00 bits per heavy atom. The first-order valence-corrected chi connectivity index (χ1v) is 6.91. The van der Waals surface area contributed by atoms with Gasteiger partial charge >= 0.3 is 0 Å². The van der Waals surface area contributed by atoms with Crippen LogP contribution in [-0.2, 0) is 0 Å². The van der Waals surface area contributed by atoms with Crippen molar-refractivity contribution in [2.45, 2.75) is 39.7 Å². The lowest BCUT2D eigenvalue weighted by molar-refractivity contribution is 0.308. The first-order chi connectivity index (χ1) is 9.58. The van der Waals surface area contributed by atoms with Crippen molar-refractivity contribution in [3.8, 4) is 11.4 Å². The molecule has 1 unspecified atom stereocenters. The fourth-order valence-electron chi connectivity index (χ4n) is 2.53. The van der Waals surface area contributed by atoms with Crippen LogP contribution in [0.4, 0.5) is 10.1 Å². The third-order valence-electron chi connectivity index (χ3n) is 3.84. The number of nitrogen functional groups attached to an aromatic ring is 1. The van der Waals surface area contributed by atoms with Gasteiger partial charge in [-0.25, -0.2) is 9.07 Å². The summed E-state index contributed by atoms with van der Waals surface area (Å²) >= 11 is 0. The summed E-state index contributed by atoms with van der Waals surface area (Å²) in [4.78, 5) is 0. The van der Waals surface area contributed by atoms with Gasteiger partial charge in [-0.1, -0.05) is 26.7 Å². The Morgan fingerprint density at radius 1 is 1.30 bits per heavy atom. The van der Waals surface area contributed by atoms with Crippen molar-refractivity contribution >= 4 is 5.69 Å². The van der Waals surface area contributed by atoms with Crippen LogP contribution in [-0.4, -0.2) is 20.2 Å². The second kappa shape index (κ2) is 5.98. The van der Waals surface area contributed by atoms with Gasteiger partial charge in [-0.15, -0.1) is 5.10 Å². The summed E-state index contributed by atoms with van der Waals surface area (Å²) in [6, 6.07) is 4.54. The van der Waals surface area contributed by atoms with Crippen molar-refractivity contribution in [1.29, 1.82) is 0 Å². The Bertz CT molecular complexity index is 577. The monoisotopic (exact) mass is 277 g/mol. The second-order valence-electron chi connectivity index (χ2n) is 5.00. The minimum atomic E-state index is -0.369. The van der Waals surface area contributed by atoms with Crippen LogP contribution >= 0.6 is 0 Å². The summed E-state index contributed by atoms with van der Waals surface area (Å²) < 4.78 is 15.7. The summed E-state index contributed by atoms with van der Waals surface area (Å²) in [6.45, 7) is 6.33. The number of hydrogen-bond acceptors (Lipinski definition) is 4. The van der Waals surface area contributed by atoms with E-state index < -0.39 is 0 Å². The highest BCUT2D eigenvalue weighted by atomic mass is 19.1. The zero-order valence-corrected chi connectivity index (χ0v) is 12.0. The van der Waals surface area contributed by atoms with Gasteiger partial charge in [0.05, 0.1) is 11.6 Å². The van der Waals surface area contributed by atoms with Gasteiger partial charge in [0.15, 0.2) is 5.82 Å². The van der Waals surface area contributed by atoms with E-state index in [0.29, 0.717) is 23.0 Å². The third kappa shape index (κ3) is 2.64. The van der Waals surface area contributed by atoms with E-state index >= 15 is 0 Å². The number of tetrazole rings is 1. The number of benzene rings is 1. The summed E-state index contributed by atoms with van der Waals surface area (Å²) in [5, 5.41) is 11.7. The van der Waals surface area contributed by atoms with E-state index in [1.54, 1.807) is 10.7 Å². The molecule has 6 heteroatoms. The molecule has 0 aliphatic heterocycles. The van der Waals surface area contributed by atoms with Crippen molar-refractivity contribution in [2.75, 3.05) is 5.73 Å². The van der Waals surface area contributed by atoms with Gasteiger partial charge in [0, 0.05) is 5.69 Å². The molecular weight excluding hydrogens is 257 g/mol. The van der Waals surface area contributed by atoms with Crippen LogP contribution in [0.25, 0.3) is 11.4 Å². The van der Waals surface area contributed by atoms with Crippen molar-refractivity contribution in [3.63, 3.8) is 0 Å². The van der Waals surface area contributed by atoms with E-state index in [9.17, 15) is 4.39 Å². The molecule has 0 spiro atoms. The molecule has 0 radical (unpaired) electrons. The third-order valence-corrected chi connectivity index (χ3v) is 3.84. The van der Waals surface area contributed by atoms with Crippen LogP contribution in [0.1, 0.15) is 39.7 Å². The smallest absolute Gasteiger partial charge is 0.185 e. The summed E-state index contributed by atoms with van der Waals surface area (Å²) in [6.07, 6.45) is 2.05. The zero-order chi connectivity index (χ0) is 14.7. The number of aromatic nitrogens is 4. The average molecular weight is 277 g/mol. The van der Waals surface area contributed by atoms with Gasteiger partial charge in [-0.2, -0.15) is 0 Å². The van der Waals surface area contributed by atoms with Crippen LogP contribution in [0.2, 0.25) is 0 Å². The van der Waals surface area contributed by atoms with E-state index in [-0.39, 0.29) is 11.9 Å². The number of hydrogen-bond donors (Lipinski definition) is 1. The molecule has 0 amide bonds. The van der Waals surface area contributed by atoms with Crippen LogP contribution in [0.15, 0.2) is 18.2 Å². The van der Waals surface area contributed by atoms with E-state index in [2.05, 4.69) is 36.3 Å². The van der Waals surface area contributed by atoms with Gasteiger partial charge in [0.2, 0.25) is 0 Å². The molecular formula is C14H20FN5. The highest BCUT2D eigenvalue weighted by Gasteiger charge is 2.22. The molecule has 20 heavy (non-hydrogen) atoms. The molecule has 2 N–H and O–H groups in total. The van der Waals surface area contributed by atoms with Crippen molar-refractivity contribution in [2.24, 2.45) is 5.92 Å². The van der Waals surface area contributed by atoms with E-state index in [0.717, 1.165) is 12.8 Å². The molecule has 0 saturated heterocycles. The molecule has 1 aromatic heterocycles. The van der Waals surface area contributed by atoms with Crippen LogP contribution < -0.4 is 5.73 Å². The van der Waals surface area contributed by atoms with Crippen LogP contribution in [0, 0.1) is 11.7 Å². The largest absolute Gasteiger partial charge is 0.399 e. The number of rotatable bonds is 5. The second-order valence-corrected chi connectivity index (χ2v) is 5.00. The molecule has 0 fully saturated rings. The zero-order valence-electron chi connectivity index (χ0n) is 12.0. The predicted octanol–water partition coefficient (Wildman–Crippen LogP) is 3.06. The molecule has 0 saturated carbocycles. The Kier molecular flexibility index (Phi) is 4.32. The Labute approximate surface area is 118 Å². The quantitative estimate of drug-likeness (QED) is 0.853. The molecule has 5 nitrogen and oxygen atoms in total. The van der Waals surface area contributed by atoms with Gasteiger partial charge in [0.1, 0.15) is 5.82 Å². The molecule has 1 heterocycles. The van der Waals surface area contributed by atoms with Crippen molar-refractivity contribution < 1.29 is 4.39 Å². The number of halogens is 1. The number of anilines is 1. The number of nitrogens with two attached hydrogens (primary N) is 1. The fourth-order valence-corrected chi connectivity index (χ4v) is 2.53. The summed E-state index contributed by atoms with van der Waals surface area (Å²) in [5.74, 6) is 0.502. The molecule has 1 aromatic carbocycles. The Morgan fingerprint density at radius 3 is 2.65 bits per heavy atom. The lowest BCUT2D eigenvalue weighted by Gasteiger charge is -2.22. The molecule has 1 atom stereocenters. The van der Waals surface area contributed by atoms with E-state index in [1.807, 2.05) is 0 Å². The molecule has 2 aromatic rings. The predicted molar refractivity (Wildman–Crippen MR) is 76.4 cm³/mol. The van der Waals surface area contributed by atoms with Gasteiger partial charge < -0.3 is 5.73 Å². The highest BCUT2D eigenvalue weighted by Crippen LogP contribution is 2.29. The highest BCUT2D eigenvalue weighted by molar-refractivity contribution is 5.61. The minimum Gasteiger partial charge on any atom is -0.399 e. The minimum absolute atomic E-state index is 0.107. The molecule has 0 bridgehead atoms. The van der Waals surface area contributed by atoms with Crippen molar-refractivity contribution in [3.05, 3.63) is 24.0 Å². The molecule has 108 valence electrons. The molecule has 2 rings (SSSR count). The molecule has 0 aliphatic carbocycles. The van der Waals surface area contributed by atoms with Gasteiger partial charge in [0.25, 0.3) is 0 Å². The maximum Gasteiger partial charge on any atom is 0.185 e. The first-order valence-electron chi connectivity index (χ1n) is 6.91. The van der Waals surface area contributed by atoms with Crippen molar-refractivity contribution in [1.82, 2.24) is 20.2 Å². The normalized spacial score (nSPS) is 12.8. The maximum atomic E-state index is 14.0. The van der Waals surface area contributed by atoms with Gasteiger partial charge in [-0.3, -0.25) is 0 Å². The summed E-state index contributed by atoms with van der Waals surface area (Å²) in [5.41, 5.74) is 6.56. The van der Waals surface area contributed by atoms with Gasteiger partial charge in [-0.05, 0) is 41.5 Å². The fraction of sp³-hybridized carbons (Fsp3) is 0.500. The Hall–Kier alpha value is -1.98. The van der Waals surface area contributed by atoms with E-state index in [1.165, 1.54) is 12.1 Å². The topological polar surface area (TPSA) is 69.6 Å². The van der Waals surface area contributed by atoms with Crippen LogP contribution in [0.5, 0.6) is 0 Å². The first kappa shape index (κ1) is 14.4. The number of nitrogens with zero attached hydrogens (tertiary/aromatic N) is 4. The molecule has 0 aliphatic rings. The maximum absolute atomic E-state index is 14.0. The standard InChI is InChI=1S/C14H20FN5/c1-4-10(5-2)9(3)20-14(17-18-19-20)12-8-11(16)6-7-13(12)15/h6-10H,4-5,16H2,1-3H3. The Balaban J connectivity index is 2.45. The lowest BCUT2D eigenvalue weighted by Crippen LogP contribution is -2.18. The lowest BCUT2D eigenvalue weighted by atomic mass is 9.95. The average Bonchev–Trinajstić information content (AvgIpc) is 2.91. The SMILES string of the molecule is CCC(CC)C(C)n1nnnc1-c1cc(N)ccc1F. The summed E-state index contributed by atoms with van der Waals surface area (Å²) in [7, 11) is 0.